The molecule has 1 aliphatic heterocycles. The van der Waals surface area contributed by atoms with E-state index in [0.29, 0.717) is 13.1 Å². The average molecular weight is 211 g/mol. The second-order valence-corrected chi connectivity index (χ2v) is 3.99. The van der Waals surface area contributed by atoms with Crippen molar-refractivity contribution in [1.82, 2.24) is 19.7 Å². The summed E-state index contributed by atoms with van der Waals surface area (Å²) >= 11 is 0. The summed E-state index contributed by atoms with van der Waals surface area (Å²) in [6, 6.07) is 0. The number of aromatic nitrogens is 3. The van der Waals surface area contributed by atoms with Crippen LogP contribution in [0.3, 0.4) is 0 Å². The summed E-state index contributed by atoms with van der Waals surface area (Å²) in [5.41, 5.74) is 5.38. The van der Waals surface area contributed by atoms with Crippen LogP contribution in [0.15, 0.2) is 6.33 Å². The second kappa shape index (κ2) is 4.59. The normalized spacial score (nSPS) is 19.5. The van der Waals surface area contributed by atoms with Gasteiger partial charge in [0, 0.05) is 6.54 Å². The third kappa shape index (κ3) is 2.90. The monoisotopic (exact) mass is 211 g/mol. The van der Waals surface area contributed by atoms with E-state index in [2.05, 4.69) is 15.0 Å². The van der Waals surface area contributed by atoms with Gasteiger partial charge in [0.15, 0.2) is 0 Å². The lowest BCUT2D eigenvalue weighted by atomic mass is 10.3. The van der Waals surface area contributed by atoms with Gasteiger partial charge >= 0.3 is 0 Å². The molecule has 1 aromatic heterocycles. The van der Waals surface area contributed by atoms with Crippen molar-refractivity contribution >= 4 is 5.95 Å². The Morgan fingerprint density at radius 3 is 2.73 bits per heavy atom. The molecule has 1 saturated heterocycles. The molecular weight excluding hydrogens is 194 g/mol. The van der Waals surface area contributed by atoms with E-state index in [1.54, 1.807) is 11.0 Å². The predicted molar refractivity (Wildman–Crippen MR) is 56.1 cm³/mol. The van der Waals surface area contributed by atoms with Crippen LogP contribution in [0.1, 0.15) is 12.8 Å². The molecule has 1 atom stereocenters. The average Bonchev–Trinajstić information content (AvgIpc) is 2.77. The molecule has 0 amide bonds. The maximum atomic E-state index is 9.80. The van der Waals surface area contributed by atoms with Crippen molar-refractivity contribution in [2.75, 3.05) is 25.4 Å². The van der Waals surface area contributed by atoms with Crippen LogP contribution in [0, 0.1) is 0 Å². The minimum absolute atomic E-state index is 0.253. The fourth-order valence-electron chi connectivity index (χ4n) is 1.93. The minimum Gasteiger partial charge on any atom is -0.390 e. The third-order valence-corrected chi connectivity index (χ3v) is 2.62. The Hall–Kier alpha value is -1.14. The van der Waals surface area contributed by atoms with Crippen molar-refractivity contribution in [2.45, 2.75) is 25.5 Å². The molecule has 84 valence electrons. The van der Waals surface area contributed by atoms with E-state index >= 15 is 0 Å². The van der Waals surface area contributed by atoms with Gasteiger partial charge in [-0.3, -0.25) is 0 Å². The van der Waals surface area contributed by atoms with Gasteiger partial charge in [0.25, 0.3) is 0 Å². The van der Waals surface area contributed by atoms with Crippen LogP contribution in [0.4, 0.5) is 5.95 Å². The summed E-state index contributed by atoms with van der Waals surface area (Å²) in [5.74, 6) is 0.253. The number of anilines is 1. The molecule has 0 spiro atoms. The number of nitrogens with two attached hydrogens (primary N) is 1. The largest absolute Gasteiger partial charge is 0.390 e. The Bertz CT molecular complexity index is 307. The van der Waals surface area contributed by atoms with E-state index < -0.39 is 6.10 Å². The van der Waals surface area contributed by atoms with E-state index in [1.165, 1.54) is 12.8 Å². The highest BCUT2D eigenvalue weighted by atomic mass is 16.3. The van der Waals surface area contributed by atoms with Gasteiger partial charge in [0.1, 0.15) is 6.33 Å². The molecule has 2 rings (SSSR count). The molecule has 0 saturated carbocycles. The number of likely N-dealkylation sites (tertiary alicyclic amines) is 1. The second-order valence-electron chi connectivity index (χ2n) is 3.99. The number of β-amino-alcohol motifs (C(OH)–C–C–N with tert-alkyl or cyclic N) is 1. The molecule has 1 fully saturated rings. The quantitative estimate of drug-likeness (QED) is 0.689. The molecule has 2 heterocycles. The zero-order valence-electron chi connectivity index (χ0n) is 8.71. The Morgan fingerprint density at radius 1 is 1.40 bits per heavy atom. The molecule has 15 heavy (non-hydrogen) atoms. The van der Waals surface area contributed by atoms with E-state index in [-0.39, 0.29) is 5.95 Å². The lowest BCUT2D eigenvalue weighted by molar-refractivity contribution is 0.106. The number of hydrogen-bond acceptors (Lipinski definition) is 5. The molecule has 3 N–H and O–H groups in total. The number of nitrogens with zero attached hydrogens (tertiary/aromatic N) is 4. The molecule has 1 aliphatic rings. The number of aliphatic hydroxyl groups excluding tert-OH is 1. The molecule has 1 unspecified atom stereocenters. The van der Waals surface area contributed by atoms with Crippen molar-refractivity contribution in [1.29, 1.82) is 0 Å². The summed E-state index contributed by atoms with van der Waals surface area (Å²) in [7, 11) is 0. The maximum absolute atomic E-state index is 9.80. The zero-order valence-corrected chi connectivity index (χ0v) is 8.71. The Labute approximate surface area is 88.7 Å². The highest BCUT2D eigenvalue weighted by Crippen LogP contribution is 2.08. The summed E-state index contributed by atoms with van der Waals surface area (Å²) < 4.78 is 1.58. The van der Waals surface area contributed by atoms with Crippen molar-refractivity contribution < 1.29 is 5.11 Å². The Morgan fingerprint density at radius 2 is 2.13 bits per heavy atom. The molecule has 0 bridgehead atoms. The first kappa shape index (κ1) is 10.4. The van der Waals surface area contributed by atoms with E-state index in [4.69, 9.17) is 5.73 Å². The van der Waals surface area contributed by atoms with Crippen LogP contribution in [0.25, 0.3) is 0 Å². The molecule has 1 aromatic rings. The highest BCUT2D eigenvalue weighted by Gasteiger charge is 2.16. The van der Waals surface area contributed by atoms with Crippen LogP contribution in [0.2, 0.25) is 0 Å². The first-order valence-electron chi connectivity index (χ1n) is 5.29. The van der Waals surface area contributed by atoms with Crippen LogP contribution < -0.4 is 5.73 Å². The molecule has 0 aromatic carbocycles. The van der Waals surface area contributed by atoms with Crippen LogP contribution in [-0.2, 0) is 6.54 Å². The minimum atomic E-state index is -0.399. The van der Waals surface area contributed by atoms with Gasteiger partial charge in [-0.25, -0.2) is 9.67 Å². The lowest BCUT2D eigenvalue weighted by Gasteiger charge is -2.18. The van der Waals surface area contributed by atoms with Gasteiger partial charge in [0.2, 0.25) is 5.95 Å². The van der Waals surface area contributed by atoms with Crippen LogP contribution >= 0.6 is 0 Å². The summed E-state index contributed by atoms with van der Waals surface area (Å²) in [6.45, 7) is 3.35. The Kier molecular flexibility index (Phi) is 3.17. The Balaban J connectivity index is 1.78. The number of aliphatic hydroxyl groups is 1. The molecule has 0 aliphatic carbocycles. The number of rotatable bonds is 4. The van der Waals surface area contributed by atoms with Gasteiger partial charge in [-0.1, -0.05) is 0 Å². The van der Waals surface area contributed by atoms with Crippen LogP contribution in [0.5, 0.6) is 0 Å². The van der Waals surface area contributed by atoms with E-state index in [1.807, 2.05) is 0 Å². The molecule has 6 heteroatoms. The van der Waals surface area contributed by atoms with Gasteiger partial charge in [-0.2, -0.15) is 0 Å². The lowest BCUT2D eigenvalue weighted by Crippen LogP contribution is -2.32. The fraction of sp³-hybridized carbons (Fsp3) is 0.778. The first-order valence-corrected chi connectivity index (χ1v) is 5.29. The number of hydrogen-bond donors (Lipinski definition) is 2. The van der Waals surface area contributed by atoms with Gasteiger partial charge < -0.3 is 15.7 Å². The summed E-state index contributed by atoms with van der Waals surface area (Å²) in [4.78, 5) is 6.08. The molecule has 6 nitrogen and oxygen atoms in total. The number of nitrogen functional groups attached to an aromatic ring is 1. The fourth-order valence-corrected chi connectivity index (χ4v) is 1.93. The van der Waals surface area contributed by atoms with Crippen molar-refractivity contribution in [3.8, 4) is 0 Å². The van der Waals surface area contributed by atoms with E-state index in [9.17, 15) is 5.11 Å². The highest BCUT2D eigenvalue weighted by molar-refractivity contribution is 5.09. The van der Waals surface area contributed by atoms with E-state index in [0.717, 1.165) is 13.1 Å². The SMILES string of the molecule is Nc1ncn(CC(O)CN2CCCC2)n1. The topological polar surface area (TPSA) is 80.2 Å². The zero-order chi connectivity index (χ0) is 10.7. The standard InChI is InChI=1S/C9H17N5O/c10-9-11-7-14(12-9)6-8(15)5-13-3-1-2-4-13/h7-8,15H,1-6H2,(H2,10,12). The van der Waals surface area contributed by atoms with Crippen LogP contribution in [-0.4, -0.2) is 50.5 Å². The van der Waals surface area contributed by atoms with Gasteiger partial charge in [-0.15, -0.1) is 5.10 Å². The first-order chi connectivity index (χ1) is 7.24. The van der Waals surface area contributed by atoms with Gasteiger partial charge in [-0.05, 0) is 25.9 Å². The smallest absolute Gasteiger partial charge is 0.239 e. The summed E-state index contributed by atoms with van der Waals surface area (Å²) in [6.07, 6.45) is 3.62. The van der Waals surface area contributed by atoms with Crippen molar-refractivity contribution in [2.24, 2.45) is 0 Å². The third-order valence-electron chi connectivity index (χ3n) is 2.62. The maximum Gasteiger partial charge on any atom is 0.239 e. The van der Waals surface area contributed by atoms with Crippen molar-refractivity contribution in [3.05, 3.63) is 6.33 Å². The molecular formula is C9H17N5O. The van der Waals surface area contributed by atoms with Crippen molar-refractivity contribution in [3.63, 3.8) is 0 Å². The summed E-state index contributed by atoms with van der Waals surface area (Å²) in [5, 5.41) is 13.7. The molecule has 0 radical (unpaired) electrons. The predicted octanol–water partition coefficient (Wildman–Crippen LogP) is -0.683. The van der Waals surface area contributed by atoms with Gasteiger partial charge in [0.05, 0.1) is 12.6 Å².